The van der Waals surface area contributed by atoms with Gasteiger partial charge in [0.2, 0.25) is 0 Å². The maximum absolute atomic E-state index is 11.1. The molecule has 0 radical (unpaired) electrons. The number of carbonyl (C=O) groups is 1. The topological polar surface area (TPSA) is 52.1 Å². The Hall–Kier alpha value is -1.71. The summed E-state index contributed by atoms with van der Waals surface area (Å²) >= 11 is 0. The fourth-order valence-electron chi connectivity index (χ4n) is 0.774. The summed E-state index contributed by atoms with van der Waals surface area (Å²) in [5, 5.41) is 7.17. The molecular formula is C8H8N2O2. The molecule has 0 aliphatic heterocycles. The Kier molecular flexibility index (Phi) is 2.53. The van der Waals surface area contributed by atoms with Crippen molar-refractivity contribution in [3.8, 4) is 0 Å². The second-order valence-electron chi connectivity index (χ2n) is 2.05. The predicted molar refractivity (Wildman–Crippen MR) is 43.5 cm³/mol. The van der Waals surface area contributed by atoms with Gasteiger partial charge in [-0.15, -0.1) is 0 Å². The van der Waals surface area contributed by atoms with Crippen LogP contribution in [0.3, 0.4) is 0 Å². The van der Waals surface area contributed by atoms with Crippen molar-refractivity contribution in [2.75, 3.05) is 7.11 Å². The minimum atomic E-state index is -0.431. The van der Waals surface area contributed by atoms with Crippen LogP contribution in [0.25, 0.3) is 6.08 Å². The van der Waals surface area contributed by atoms with Crippen LogP contribution >= 0.6 is 0 Å². The van der Waals surface area contributed by atoms with Crippen LogP contribution in [-0.4, -0.2) is 23.3 Å². The molecule has 0 atom stereocenters. The highest BCUT2D eigenvalue weighted by Crippen LogP contribution is 2.07. The first kappa shape index (κ1) is 8.39. The van der Waals surface area contributed by atoms with Crippen LogP contribution in [-0.2, 0) is 4.74 Å². The van der Waals surface area contributed by atoms with Gasteiger partial charge in [0.15, 0.2) is 0 Å². The molecule has 0 saturated heterocycles. The van der Waals surface area contributed by atoms with Crippen LogP contribution in [0.2, 0.25) is 0 Å². The van der Waals surface area contributed by atoms with Crippen molar-refractivity contribution >= 4 is 12.0 Å². The van der Waals surface area contributed by atoms with Crippen LogP contribution in [0.1, 0.15) is 15.9 Å². The van der Waals surface area contributed by atoms with Gasteiger partial charge < -0.3 is 4.74 Å². The van der Waals surface area contributed by atoms with E-state index < -0.39 is 5.97 Å². The molecular weight excluding hydrogens is 156 g/mol. The monoisotopic (exact) mass is 164 g/mol. The zero-order chi connectivity index (χ0) is 8.97. The van der Waals surface area contributed by atoms with E-state index in [2.05, 4.69) is 21.5 Å². The molecule has 0 bridgehead atoms. The lowest BCUT2D eigenvalue weighted by atomic mass is 10.2. The molecule has 4 heteroatoms. The summed E-state index contributed by atoms with van der Waals surface area (Å²) in [6.45, 7) is 3.53. The van der Waals surface area contributed by atoms with Crippen LogP contribution in [0.4, 0.5) is 0 Å². The van der Waals surface area contributed by atoms with Crippen molar-refractivity contribution < 1.29 is 9.53 Å². The van der Waals surface area contributed by atoms with E-state index >= 15 is 0 Å². The summed E-state index contributed by atoms with van der Waals surface area (Å²) in [5.41, 5.74) is 0.999. The Labute approximate surface area is 69.9 Å². The van der Waals surface area contributed by atoms with Crippen molar-refractivity contribution in [2.24, 2.45) is 0 Å². The van der Waals surface area contributed by atoms with E-state index in [-0.39, 0.29) is 0 Å². The van der Waals surface area contributed by atoms with Crippen molar-refractivity contribution in [1.82, 2.24) is 10.2 Å². The third-order valence-electron chi connectivity index (χ3n) is 1.39. The van der Waals surface area contributed by atoms with Crippen molar-refractivity contribution in [1.29, 1.82) is 0 Å². The van der Waals surface area contributed by atoms with E-state index in [1.54, 1.807) is 0 Å². The van der Waals surface area contributed by atoms with Crippen LogP contribution in [0.15, 0.2) is 19.0 Å². The van der Waals surface area contributed by atoms with Gasteiger partial charge in [-0.25, -0.2) is 4.79 Å². The van der Waals surface area contributed by atoms with Crippen LogP contribution in [0, 0.1) is 0 Å². The zero-order valence-corrected chi connectivity index (χ0v) is 6.65. The number of hydrogen-bond acceptors (Lipinski definition) is 4. The van der Waals surface area contributed by atoms with Gasteiger partial charge in [0.1, 0.15) is 0 Å². The van der Waals surface area contributed by atoms with Crippen LogP contribution in [0.5, 0.6) is 0 Å². The number of aromatic nitrogens is 2. The molecule has 0 aromatic carbocycles. The molecule has 0 N–H and O–H groups in total. The Bertz CT molecular complexity index is 310. The second kappa shape index (κ2) is 3.61. The molecule has 0 saturated carbocycles. The standard InChI is InChI=1S/C8H8N2O2/c1-3-6-4-9-10-5-7(6)8(11)12-2/h3-5H,1H2,2H3. The number of nitrogens with zero attached hydrogens (tertiary/aromatic N) is 2. The lowest BCUT2D eigenvalue weighted by molar-refractivity contribution is 0.0600. The van der Waals surface area contributed by atoms with E-state index in [0.717, 1.165) is 0 Å². The third kappa shape index (κ3) is 1.47. The van der Waals surface area contributed by atoms with Gasteiger partial charge in [-0.05, 0) is 0 Å². The fourth-order valence-corrected chi connectivity index (χ4v) is 0.774. The first-order chi connectivity index (χ1) is 5.79. The van der Waals surface area contributed by atoms with E-state index in [4.69, 9.17) is 0 Å². The molecule has 12 heavy (non-hydrogen) atoms. The Morgan fingerprint density at radius 1 is 1.58 bits per heavy atom. The summed E-state index contributed by atoms with van der Waals surface area (Å²) < 4.78 is 4.52. The highest BCUT2D eigenvalue weighted by molar-refractivity contribution is 5.92. The van der Waals surface area contributed by atoms with Gasteiger partial charge in [0, 0.05) is 5.56 Å². The lowest BCUT2D eigenvalue weighted by Crippen LogP contribution is -2.04. The molecule has 0 unspecified atom stereocenters. The quantitative estimate of drug-likeness (QED) is 0.609. The summed E-state index contributed by atoms with van der Waals surface area (Å²) in [5.74, 6) is -0.431. The minimum Gasteiger partial charge on any atom is -0.465 e. The Balaban J connectivity index is 3.13. The second-order valence-corrected chi connectivity index (χ2v) is 2.05. The number of ether oxygens (including phenoxy) is 1. The Morgan fingerprint density at radius 3 is 2.83 bits per heavy atom. The highest BCUT2D eigenvalue weighted by Gasteiger charge is 2.09. The molecule has 0 amide bonds. The molecule has 0 fully saturated rings. The fraction of sp³-hybridized carbons (Fsp3) is 0.125. The molecule has 0 spiro atoms. The SMILES string of the molecule is C=Cc1cnncc1C(=O)OC. The maximum Gasteiger partial charge on any atom is 0.340 e. The average molecular weight is 164 g/mol. The number of carbonyl (C=O) groups excluding carboxylic acids is 1. The number of esters is 1. The minimum absolute atomic E-state index is 0.377. The van der Waals surface area contributed by atoms with Gasteiger partial charge in [-0.3, -0.25) is 0 Å². The number of methoxy groups -OCH3 is 1. The molecule has 1 heterocycles. The zero-order valence-electron chi connectivity index (χ0n) is 6.65. The first-order valence-electron chi connectivity index (χ1n) is 3.31. The van der Waals surface area contributed by atoms with E-state index in [1.807, 2.05) is 0 Å². The van der Waals surface area contributed by atoms with E-state index in [1.165, 1.54) is 25.6 Å². The average Bonchev–Trinajstić information content (AvgIpc) is 2.16. The van der Waals surface area contributed by atoms with Gasteiger partial charge in [0.25, 0.3) is 0 Å². The van der Waals surface area contributed by atoms with Crippen molar-refractivity contribution in [3.63, 3.8) is 0 Å². The molecule has 4 nitrogen and oxygen atoms in total. The summed E-state index contributed by atoms with van der Waals surface area (Å²) in [7, 11) is 1.32. The lowest BCUT2D eigenvalue weighted by Gasteiger charge is -2.00. The van der Waals surface area contributed by atoms with E-state index in [9.17, 15) is 4.79 Å². The molecule has 1 aromatic heterocycles. The highest BCUT2D eigenvalue weighted by atomic mass is 16.5. The third-order valence-corrected chi connectivity index (χ3v) is 1.39. The van der Waals surface area contributed by atoms with Gasteiger partial charge in [-0.2, -0.15) is 10.2 Å². The molecule has 0 aliphatic carbocycles. The van der Waals surface area contributed by atoms with E-state index in [0.29, 0.717) is 11.1 Å². The normalized spacial score (nSPS) is 9.08. The van der Waals surface area contributed by atoms with Gasteiger partial charge in [-0.1, -0.05) is 12.7 Å². The molecule has 62 valence electrons. The van der Waals surface area contributed by atoms with Crippen LogP contribution < -0.4 is 0 Å². The first-order valence-corrected chi connectivity index (χ1v) is 3.31. The van der Waals surface area contributed by atoms with Gasteiger partial charge in [0.05, 0.1) is 25.1 Å². The number of rotatable bonds is 2. The molecule has 1 aromatic rings. The maximum atomic E-state index is 11.1. The Morgan fingerprint density at radius 2 is 2.25 bits per heavy atom. The van der Waals surface area contributed by atoms with Gasteiger partial charge >= 0.3 is 5.97 Å². The molecule has 1 rings (SSSR count). The van der Waals surface area contributed by atoms with Crippen molar-refractivity contribution in [2.45, 2.75) is 0 Å². The smallest absolute Gasteiger partial charge is 0.340 e. The number of hydrogen-bond donors (Lipinski definition) is 0. The van der Waals surface area contributed by atoms with Crippen molar-refractivity contribution in [3.05, 3.63) is 30.1 Å². The largest absolute Gasteiger partial charge is 0.465 e. The summed E-state index contributed by atoms with van der Waals surface area (Å²) in [6.07, 6.45) is 4.34. The summed E-state index contributed by atoms with van der Waals surface area (Å²) in [6, 6.07) is 0. The molecule has 0 aliphatic rings. The predicted octanol–water partition coefficient (Wildman–Crippen LogP) is 0.906. The summed E-state index contributed by atoms with van der Waals surface area (Å²) in [4.78, 5) is 11.1.